The minimum atomic E-state index is -0.176. The highest BCUT2D eigenvalue weighted by Crippen LogP contribution is 2.36. The fourth-order valence-corrected chi connectivity index (χ4v) is 5.04. The van der Waals surface area contributed by atoms with Crippen molar-refractivity contribution in [3.05, 3.63) is 78.0 Å². The Bertz CT molecular complexity index is 1550. The number of aromatic nitrogens is 3. The second-order valence-corrected chi connectivity index (χ2v) is 9.99. The van der Waals surface area contributed by atoms with Crippen molar-refractivity contribution in [1.82, 2.24) is 20.1 Å². The molecule has 8 heteroatoms. The standard InChI is InChI=1S/C30H28N6O2/c31-17-22(15-19-8-9-19)30(37)36-14-4-5-21(18-36)25-16-26-27(29(32)35-34-26)28(33-25)20-10-12-24(13-11-20)38-23-6-2-1-3-7-23/h1-3,6-7,10-13,15-16,19,21H,4-5,8-9,14,18H2,(H3,32,34,35)/t21-/m0/s1. The van der Waals surface area contributed by atoms with Gasteiger partial charge in [0.05, 0.1) is 16.6 Å². The van der Waals surface area contributed by atoms with Gasteiger partial charge >= 0.3 is 0 Å². The summed E-state index contributed by atoms with van der Waals surface area (Å²) in [6.45, 7) is 1.17. The Hall–Kier alpha value is -4.64. The summed E-state index contributed by atoms with van der Waals surface area (Å²) in [5.74, 6) is 2.12. The lowest BCUT2D eigenvalue weighted by Crippen LogP contribution is -2.40. The van der Waals surface area contributed by atoms with Crippen molar-refractivity contribution in [2.75, 3.05) is 18.8 Å². The van der Waals surface area contributed by atoms with E-state index in [1.807, 2.05) is 66.7 Å². The van der Waals surface area contributed by atoms with Gasteiger partial charge in [0.15, 0.2) is 5.82 Å². The number of nitrogens with zero attached hydrogens (tertiary/aromatic N) is 4. The molecule has 0 spiro atoms. The molecule has 3 heterocycles. The SMILES string of the molecule is N#CC(=CC1CC1)C(=O)N1CCC[C@H](c2cc3[nH]nc(N)c3c(-c3ccc(Oc4ccccc4)cc3)n2)C1. The van der Waals surface area contributed by atoms with Crippen LogP contribution < -0.4 is 10.5 Å². The van der Waals surface area contributed by atoms with Crippen molar-refractivity contribution in [2.24, 2.45) is 5.92 Å². The molecular formula is C30H28N6O2. The molecule has 4 aromatic rings. The maximum atomic E-state index is 13.1. The number of hydrogen-bond acceptors (Lipinski definition) is 6. The highest BCUT2D eigenvalue weighted by molar-refractivity contribution is 6.00. The van der Waals surface area contributed by atoms with E-state index < -0.39 is 0 Å². The van der Waals surface area contributed by atoms with Crippen LogP contribution in [0.1, 0.15) is 37.3 Å². The van der Waals surface area contributed by atoms with Gasteiger partial charge in [0.1, 0.15) is 23.1 Å². The summed E-state index contributed by atoms with van der Waals surface area (Å²) in [5, 5.41) is 17.6. The number of nitrogens with one attached hydrogen (secondary N) is 1. The number of carbonyl (C=O) groups is 1. The minimum Gasteiger partial charge on any atom is -0.457 e. The van der Waals surface area contributed by atoms with Crippen molar-refractivity contribution in [1.29, 1.82) is 5.26 Å². The van der Waals surface area contributed by atoms with E-state index in [4.69, 9.17) is 15.5 Å². The third kappa shape index (κ3) is 4.83. The number of rotatable bonds is 6. The number of H-pyrrole nitrogens is 1. The summed E-state index contributed by atoms with van der Waals surface area (Å²) in [7, 11) is 0. The van der Waals surface area contributed by atoms with Gasteiger partial charge < -0.3 is 15.4 Å². The molecule has 2 fully saturated rings. The smallest absolute Gasteiger partial charge is 0.264 e. The first-order valence-corrected chi connectivity index (χ1v) is 13.0. The van der Waals surface area contributed by atoms with Gasteiger partial charge in [-0.25, -0.2) is 0 Å². The van der Waals surface area contributed by atoms with E-state index in [0.717, 1.165) is 65.0 Å². The average molecular weight is 505 g/mol. The van der Waals surface area contributed by atoms with Gasteiger partial charge in [0.2, 0.25) is 0 Å². The van der Waals surface area contributed by atoms with Crippen molar-refractivity contribution >= 4 is 22.6 Å². The van der Waals surface area contributed by atoms with Gasteiger partial charge in [-0.3, -0.25) is 14.9 Å². The lowest BCUT2D eigenvalue weighted by molar-refractivity contribution is -0.127. The summed E-state index contributed by atoms with van der Waals surface area (Å²) in [5.41, 5.74) is 9.82. The molecule has 190 valence electrons. The van der Waals surface area contributed by atoms with E-state index in [2.05, 4.69) is 16.3 Å². The van der Waals surface area contributed by atoms with Gasteiger partial charge in [-0.05, 0) is 74.1 Å². The molecule has 2 aromatic heterocycles. The summed E-state index contributed by atoms with van der Waals surface area (Å²) < 4.78 is 5.95. The van der Waals surface area contributed by atoms with E-state index in [9.17, 15) is 10.1 Å². The number of nitrogens with two attached hydrogens (primary N) is 1. The number of likely N-dealkylation sites (tertiary alicyclic amines) is 1. The van der Waals surface area contributed by atoms with Crippen LogP contribution in [0, 0.1) is 17.2 Å². The average Bonchev–Trinajstić information content (AvgIpc) is 3.71. The first-order valence-electron chi connectivity index (χ1n) is 13.0. The number of fused-ring (bicyclic) bond motifs is 1. The molecule has 1 amide bonds. The topological polar surface area (TPSA) is 121 Å². The monoisotopic (exact) mass is 504 g/mol. The normalized spacial score (nSPS) is 17.8. The molecule has 3 N–H and O–H groups in total. The number of nitrogen functional groups attached to an aromatic ring is 1. The van der Waals surface area contributed by atoms with Crippen LogP contribution in [0.2, 0.25) is 0 Å². The molecule has 2 aliphatic rings. The number of amides is 1. The molecule has 38 heavy (non-hydrogen) atoms. The number of piperidine rings is 1. The summed E-state index contributed by atoms with van der Waals surface area (Å²) in [6.07, 6.45) is 5.71. The molecule has 1 aliphatic heterocycles. The second kappa shape index (κ2) is 10.0. The Morgan fingerprint density at radius 1 is 1.11 bits per heavy atom. The van der Waals surface area contributed by atoms with Crippen molar-refractivity contribution in [3.63, 3.8) is 0 Å². The molecular weight excluding hydrogens is 476 g/mol. The van der Waals surface area contributed by atoms with Crippen LogP contribution in [0.25, 0.3) is 22.2 Å². The fraction of sp³-hybridized carbons (Fsp3) is 0.267. The number of para-hydroxylation sites is 1. The van der Waals surface area contributed by atoms with Crippen LogP contribution in [0.15, 0.2) is 72.3 Å². The lowest BCUT2D eigenvalue weighted by atomic mass is 9.92. The predicted molar refractivity (Wildman–Crippen MR) is 145 cm³/mol. The maximum Gasteiger partial charge on any atom is 0.264 e. The number of anilines is 1. The highest BCUT2D eigenvalue weighted by atomic mass is 16.5. The van der Waals surface area contributed by atoms with Gasteiger partial charge in [-0.2, -0.15) is 10.4 Å². The Morgan fingerprint density at radius 2 is 1.87 bits per heavy atom. The number of carbonyl (C=O) groups excluding carboxylic acids is 1. The molecule has 1 aliphatic carbocycles. The molecule has 0 bridgehead atoms. The molecule has 0 radical (unpaired) electrons. The fourth-order valence-electron chi connectivity index (χ4n) is 5.04. The Kier molecular flexibility index (Phi) is 6.26. The second-order valence-electron chi connectivity index (χ2n) is 9.99. The van der Waals surface area contributed by atoms with Crippen molar-refractivity contribution in [3.8, 4) is 28.8 Å². The minimum absolute atomic E-state index is 0.0435. The Balaban J connectivity index is 1.29. The zero-order valence-electron chi connectivity index (χ0n) is 20.9. The maximum absolute atomic E-state index is 13.1. The quantitative estimate of drug-likeness (QED) is 0.262. The lowest BCUT2D eigenvalue weighted by Gasteiger charge is -2.32. The number of aromatic amines is 1. The van der Waals surface area contributed by atoms with Crippen LogP contribution in [-0.2, 0) is 4.79 Å². The molecule has 1 saturated carbocycles. The van der Waals surface area contributed by atoms with Crippen LogP contribution in [0.5, 0.6) is 11.5 Å². The van der Waals surface area contributed by atoms with Crippen molar-refractivity contribution < 1.29 is 9.53 Å². The summed E-state index contributed by atoms with van der Waals surface area (Å²) >= 11 is 0. The highest BCUT2D eigenvalue weighted by Gasteiger charge is 2.30. The van der Waals surface area contributed by atoms with Gasteiger partial charge in [-0.1, -0.05) is 24.3 Å². The molecule has 1 saturated heterocycles. The Morgan fingerprint density at radius 3 is 2.61 bits per heavy atom. The summed E-state index contributed by atoms with van der Waals surface area (Å²) in [4.78, 5) is 20.0. The van der Waals surface area contributed by atoms with Gasteiger partial charge in [-0.15, -0.1) is 0 Å². The zero-order chi connectivity index (χ0) is 26.1. The molecule has 6 rings (SSSR count). The molecule has 0 unspecified atom stereocenters. The van der Waals surface area contributed by atoms with E-state index in [-0.39, 0.29) is 17.4 Å². The van der Waals surface area contributed by atoms with E-state index >= 15 is 0 Å². The van der Waals surface area contributed by atoms with Crippen LogP contribution in [-0.4, -0.2) is 39.1 Å². The van der Waals surface area contributed by atoms with Gasteiger partial charge in [0.25, 0.3) is 5.91 Å². The summed E-state index contributed by atoms with van der Waals surface area (Å²) in [6, 6.07) is 21.5. The van der Waals surface area contributed by atoms with Crippen LogP contribution in [0.3, 0.4) is 0 Å². The molecule has 8 nitrogen and oxygen atoms in total. The first kappa shape index (κ1) is 23.7. The predicted octanol–water partition coefficient (Wildman–Crippen LogP) is 5.57. The third-order valence-electron chi connectivity index (χ3n) is 7.20. The number of hydrogen-bond donors (Lipinski definition) is 2. The first-order chi connectivity index (χ1) is 18.6. The van der Waals surface area contributed by atoms with Crippen molar-refractivity contribution in [2.45, 2.75) is 31.6 Å². The number of allylic oxidation sites excluding steroid dienone is 1. The zero-order valence-corrected chi connectivity index (χ0v) is 20.9. The number of benzene rings is 2. The molecule has 1 atom stereocenters. The van der Waals surface area contributed by atoms with E-state index in [1.54, 1.807) is 4.90 Å². The number of pyridine rings is 1. The van der Waals surface area contributed by atoms with Gasteiger partial charge in [0, 0.05) is 30.3 Å². The number of ether oxygens (including phenoxy) is 1. The number of nitriles is 1. The largest absolute Gasteiger partial charge is 0.457 e. The van der Waals surface area contributed by atoms with Crippen LogP contribution >= 0.6 is 0 Å². The van der Waals surface area contributed by atoms with Crippen LogP contribution in [0.4, 0.5) is 5.82 Å². The molecule has 2 aromatic carbocycles. The van der Waals surface area contributed by atoms with E-state index in [1.165, 1.54) is 0 Å². The van der Waals surface area contributed by atoms with E-state index in [0.29, 0.717) is 24.8 Å². The third-order valence-corrected chi connectivity index (χ3v) is 7.20. The Labute approximate surface area is 220 Å².